The molecule has 10 heteroatoms. The van der Waals surface area contributed by atoms with Gasteiger partial charge in [-0.05, 0) is 13.0 Å². The fraction of sp³-hybridized carbons (Fsp3) is 0.412. The summed E-state index contributed by atoms with van der Waals surface area (Å²) in [5.74, 6) is 0.512. The first kappa shape index (κ1) is 23.7. The lowest BCUT2D eigenvalue weighted by Gasteiger charge is -2.27. The lowest BCUT2D eigenvalue weighted by Crippen LogP contribution is -2.44. The summed E-state index contributed by atoms with van der Waals surface area (Å²) in [4.78, 5) is 10.8. The van der Waals surface area contributed by atoms with E-state index in [1.54, 1.807) is 0 Å². The summed E-state index contributed by atoms with van der Waals surface area (Å²) in [6.45, 7) is 5.33. The molecule has 1 saturated heterocycles. The van der Waals surface area contributed by atoms with E-state index in [0.717, 1.165) is 44.7 Å². The average Bonchev–Trinajstić information content (AvgIpc) is 2.67. The first-order valence-corrected chi connectivity index (χ1v) is 9.94. The Kier molecular flexibility index (Phi) is 10.1. The van der Waals surface area contributed by atoms with Crippen molar-refractivity contribution in [2.45, 2.75) is 11.3 Å². The second-order valence-corrected chi connectivity index (χ2v) is 7.72. The third-order valence-electron chi connectivity index (χ3n) is 4.12. The number of rotatable bonds is 7. The van der Waals surface area contributed by atoms with Gasteiger partial charge in [-0.25, -0.2) is 23.1 Å². The fourth-order valence-corrected chi connectivity index (χ4v) is 3.68. The first-order valence-electron chi connectivity index (χ1n) is 8.45. The predicted molar refractivity (Wildman–Crippen MR) is 111 cm³/mol. The SMILES string of the molecule is Cl.Cl.O=S(=O)(NCCCN1CCNCC1)c1cnc(-c2ccccc2)nc1. The highest BCUT2D eigenvalue weighted by Crippen LogP contribution is 2.14. The van der Waals surface area contributed by atoms with Gasteiger partial charge in [0.25, 0.3) is 0 Å². The number of aromatic nitrogens is 2. The molecule has 2 heterocycles. The van der Waals surface area contributed by atoms with Gasteiger partial charge in [-0.2, -0.15) is 0 Å². The van der Waals surface area contributed by atoms with Crippen molar-refractivity contribution in [1.29, 1.82) is 0 Å². The molecule has 0 radical (unpaired) electrons. The standard InChI is InChI=1S/C17H23N5O2S.2ClH/c23-25(24,21-7-4-10-22-11-8-18-9-12-22)16-13-19-17(20-14-16)15-5-2-1-3-6-15;;/h1-3,5-6,13-14,18,21H,4,7-12H2;2*1H. The van der Waals surface area contributed by atoms with Gasteiger partial charge in [0.05, 0.1) is 12.4 Å². The van der Waals surface area contributed by atoms with Crippen LogP contribution in [0.5, 0.6) is 0 Å². The summed E-state index contributed by atoms with van der Waals surface area (Å²) >= 11 is 0. The molecule has 1 aromatic heterocycles. The highest BCUT2D eigenvalue weighted by atomic mass is 35.5. The van der Waals surface area contributed by atoms with Crippen LogP contribution < -0.4 is 10.0 Å². The molecular formula is C17H25Cl2N5O2S. The lowest BCUT2D eigenvalue weighted by molar-refractivity contribution is 0.239. The van der Waals surface area contributed by atoms with E-state index in [1.165, 1.54) is 12.4 Å². The summed E-state index contributed by atoms with van der Waals surface area (Å²) in [7, 11) is -3.57. The van der Waals surface area contributed by atoms with Crippen molar-refractivity contribution in [3.05, 3.63) is 42.7 Å². The number of hydrogen-bond donors (Lipinski definition) is 2. The van der Waals surface area contributed by atoms with Crippen LogP contribution in [0.4, 0.5) is 0 Å². The van der Waals surface area contributed by atoms with Crippen LogP contribution in [0.15, 0.2) is 47.6 Å². The minimum atomic E-state index is -3.57. The van der Waals surface area contributed by atoms with Crippen LogP contribution in [0.25, 0.3) is 11.4 Å². The normalized spacial score (nSPS) is 14.8. The van der Waals surface area contributed by atoms with E-state index in [2.05, 4.69) is 24.9 Å². The Morgan fingerprint density at radius 1 is 1.04 bits per heavy atom. The molecule has 27 heavy (non-hydrogen) atoms. The molecule has 2 N–H and O–H groups in total. The quantitative estimate of drug-likeness (QED) is 0.644. The van der Waals surface area contributed by atoms with Gasteiger partial charge in [0.15, 0.2) is 5.82 Å². The zero-order chi connectivity index (χ0) is 17.5. The third-order valence-corrected chi connectivity index (χ3v) is 5.54. The molecule has 0 spiro atoms. The van der Waals surface area contributed by atoms with Crippen molar-refractivity contribution in [1.82, 2.24) is 24.9 Å². The molecule has 1 aliphatic heterocycles. The highest BCUT2D eigenvalue weighted by molar-refractivity contribution is 7.89. The third kappa shape index (κ3) is 6.99. The predicted octanol–water partition coefficient (Wildman–Crippen LogP) is 1.56. The van der Waals surface area contributed by atoms with Gasteiger partial charge in [-0.3, -0.25) is 0 Å². The van der Waals surface area contributed by atoms with Crippen LogP contribution in [-0.4, -0.2) is 62.6 Å². The summed E-state index contributed by atoms with van der Waals surface area (Å²) < 4.78 is 27.3. The molecule has 1 aromatic carbocycles. The van der Waals surface area contributed by atoms with E-state index in [4.69, 9.17) is 0 Å². The fourth-order valence-electron chi connectivity index (χ4n) is 2.72. The van der Waals surface area contributed by atoms with Crippen molar-refractivity contribution in [2.75, 3.05) is 39.3 Å². The zero-order valence-corrected chi connectivity index (χ0v) is 17.3. The Bertz CT molecular complexity index is 770. The summed E-state index contributed by atoms with van der Waals surface area (Å²) in [6, 6.07) is 9.47. The molecule has 0 bridgehead atoms. The van der Waals surface area contributed by atoms with Gasteiger partial charge in [0.1, 0.15) is 4.90 Å². The second-order valence-electron chi connectivity index (χ2n) is 5.95. The number of hydrogen-bond acceptors (Lipinski definition) is 6. The number of sulfonamides is 1. The number of halogens is 2. The Morgan fingerprint density at radius 2 is 1.67 bits per heavy atom. The molecule has 150 valence electrons. The molecule has 7 nitrogen and oxygen atoms in total. The van der Waals surface area contributed by atoms with Crippen molar-refractivity contribution >= 4 is 34.8 Å². The Balaban J connectivity index is 0.00000182. The Morgan fingerprint density at radius 3 is 2.30 bits per heavy atom. The van der Waals surface area contributed by atoms with Gasteiger partial charge < -0.3 is 10.2 Å². The molecule has 2 aromatic rings. The van der Waals surface area contributed by atoms with Gasteiger partial charge >= 0.3 is 0 Å². The van der Waals surface area contributed by atoms with Crippen LogP contribution >= 0.6 is 24.8 Å². The Hall–Kier alpha value is -1.29. The van der Waals surface area contributed by atoms with E-state index in [-0.39, 0.29) is 29.7 Å². The molecule has 1 aliphatic rings. The molecule has 0 atom stereocenters. The van der Waals surface area contributed by atoms with Crippen LogP contribution in [0.1, 0.15) is 6.42 Å². The number of benzene rings is 1. The molecule has 0 aliphatic carbocycles. The summed E-state index contributed by atoms with van der Waals surface area (Å²) in [5.41, 5.74) is 0.857. The average molecular weight is 434 g/mol. The first-order chi connectivity index (χ1) is 12.1. The maximum absolute atomic E-state index is 12.3. The van der Waals surface area contributed by atoms with E-state index < -0.39 is 10.0 Å². The van der Waals surface area contributed by atoms with Gasteiger partial charge in [0, 0.05) is 38.3 Å². The lowest BCUT2D eigenvalue weighted by atomic mass is 10.2. The maximum atomic E-state index is 12.3. The van der Waals surface area contributed by atoms with E-state index >= 15 is 0 Å². The smallest absolute Gasteiger partial charge is 0.243 e. The molecule has 3 rings (SSSR count). The highest BCUT2D eigenvalue weighted by Gasteiger charge is 2.15. The van der Waals surface area contributed by atoms with E-state index in [9.17, 15) is 8.42 Å². The van der Waals surface area contributed by atoms with E-state index in [0.29, 0.717) is 12.4 Å². The molecular weight excluding hydrogens is 409 g/mol. The number of piperazine rings is 1. The van der Waals surface area contributed by atoms with Crippen molar-refractivity contribution in [3.8, 4) is 11.4 Å². The van der Waals surface area contributed by atoms with Crippen LogP contribution in [0.3, 0.4) is 0 Å². The van der Waals surface area contributed by atoms with E-state index in [1.807, 2.05) is 30.3 Å². The summed E-state index contributed by atoms with van der Waals surface area (Å²) in [6.07, 6.45) is 3.49. The van der Waals surface area contributed by atoms with Crippen molar-refractivity contribution in [3.63, 3.8) is 0 Å². The van der Waals surface area contributed by atoms with Gasteiger partial charge in [-0.15, -0.1) is 24.8 Å². The molecule has 0 unspecified atom stereocenters. The van der Waals surface area contributed by atoms with Crippen LogP contribution in [0, 0.1) is 0 Å². The zero-order valence-electron chi connectivity index (χ0n) is 14.9. The van der Waals surface area contributed by atoms with Gasteiger partial charge in [-0.1, -0.05) is 30.3 Å². The van der Waals surface area contributed by atoms with Crippen LogP contribution in [0.2, 0.25) is 0 Å². The van der Waals surface area contributed by atoms with Crippen molar-refractivity contribution in [2.24, 2.45) is 0 Å². The monoisotopic (exact) mass is 433 g/mol. The number of nitrogens with zero attached hydrogens (tertiary/aromatic N) is 3. The largest absolute Gasteiger partial charge is 0.314 e. The minimum Gasteiger partial charge on any atom is -0.314 e. The molecule has 0 amide bonds. The second kappa shape index (κ2) is 11.5. The van der Waals surface area contributed by atoms with Crippen molar-refractivity contribution < 1.29 is 8.42 Å². The van der Waals surface area contributed by atoms with Crippen LogP contribution in [-0.2, 0) is 10.0 Å². The van der Waals surface area contributed by atoms with Gasteiger partial charge in [0.2, 0.25) is 10.0 Å². The Labute approximate surface area is 172 Å². The maximum Gasteiger partial charge on any atom is 0.243 e. The molecule has 0 saturated carbocycles. The summed E-state index contributed by atoms with van der Waals surface area (Å²) in [5, 5.41) is 3.30. The minimum absolute atomic E-state index is 0. The number of nitrogens with one attached hydrogen (secondary N) is 2. The topological polar surface area (TPSA) is 87.2 Å². The molecule has 1 fully saturated rings.